The Bertz CT molecular complexity index is 1740. The topological polar surface area (TPSA) is 109 Å². The number of allylic oxidation sites excluding steroid dienone is 2. The van der Waals surface area contributed by atoms with E-state index in [0.29, 0.717) is 28.7 Å². The van der Waals surface area contributed by atoms with Gasteiger partial charge in [0.15, 0.2) is 0 Å². The molecule has 1 aromatic heterocycles. The zero-order valence-electron chi connectivity index (χ0n) is 20.3. The van der Waals surface area contributed by atoms with Gasteiger partial charge in [-0.3, -0.25) is 14.6 Å². The Labute approximate surface area is 213 Å². The number of amides is 2. The van der Waals surface area contributed by atoms with Crippen LogP contribution >= 0.6 is 0 Å². The molecule has 0 saturated heterocycles. The number of aromatic nitrogens is 2. The van der Waals surface area contributed by atoms with Gasteiger partial charge in [-0.15, -0.1) is 0 Å². The minimum atomic E-state index is -0.162. The second-order valence-electron chi connectivity index (χ2n) is 9.29. The number of hydrogen-bond donors (Lipinski definition) is 2. The van der Waals surface area contributed by atoms with E-state index in [1.165, 1.54) is 0 Å². The number of nitrogens with zero attached hydrogens (tertiary/aromatic N) is 4. The van der Waals surface area contributed by atoms with Gasteiger partial charge in [-0.25, -0.2) is 15.0 Å². The van der Waals surface area contributed by atoms with Gasteiger partial charge >= 0.3 is 0 Å². The van der Waals surface area contributed by atoms with Crippen LogP contribution in [0.4, 0.5) is 11.4 Å². The first-order valence-corrected chi connectivity index (χ1v) is 12.6. The summed E-state index contributed by atoms with van der Waals surface area (Å²) in [6, 6.07) is 11.2. The molecule has 0 spiro atoms. The predicted octanol–water partition coefficient (Wildman–Crippen LogP) is 2.20. The van der Waals surface area contributed by atoms with Crippen molar-refractivity contribution in [2.75, 3.05) is 10.6 Å². The minimum Gasteiger partial charge on any atom is -0.324 e. The number of carbonyl (C=O) groups excluding carboxylic acids is 2. The molecule has 184 valence electrons. The van der Waals surface area contributed by atoms with Gasteiger partial charge in [0.2, 0.25) is 11.8 Å². The third-order valence-corrected chi connectivity index (χ3v) is 6.60. The Morgan fingerprint density at radius 1 is 0.892 bits per heavy atom. The largest absolute Gasteiger partial charge is 0.324 e. The average molecular weight is 491 g/mol. The van der Waals surface area contributed by atoms with Crippen molar-refractivity contribution in [1.82, 2.24) is 9.97 Å². The monoisotopic (exact) mass is 490 g/mol. The van der Waals surface area contributed by atoms with E-state index in [4.69, 9.17) is 15.0 Å². The normalized spacial score (nSPS) is 17.0. The minimum absolute atomic E-state index is 0.0385. The van der Waals surface area contributed by atoms with Gasteiger partial charge in [0.1, 0.15) is 10.9 Å². The maximum Gasteiger partial charge on any atom is 0.224 e. The van der Waals surface area contributed by atoms with E-state index in [0.717, 1.165) is 46.5 Å². The molecule has 2 amide bonds. The third kappa shape index (κ3) is 4.82. The van der Waals surface area contributed by atoms with Crippen LogP contribution in [0.2, 0.25) is 0 Å². The van der Waals surface area contributed by atoms with E-state index < -0.39 is 0 Å². The SMILES string of the molecule is O=C(CCCC(=O)Nc1cccc2nc3c(nc12)=CCCC=3)Nc1cccc2c1=NC1=CC=CCC1N=2. The lowest BCUT2D eigenvalue weighted by Crippen LogP contribution is -2.36. The van der Waals surface area contributed by atoms with Crippen molar-refractivity contribution >= 4 is 46.4 Å². The molecule has 8 heteroatoms. The standard InChI is InChI=1S/C29H26N6O2/c36-26(32-24-14-5-12-22-28(24)34-20-10-3-1-8-18(20)30-22)16-7-17-27(37)33-25-15-6-13-23-29(25)35-21-11-4-2-9-19(21)31-23/h1,3,5-6,9-15,18H,2,4,7-8,16-17H2,(H,32,36)(H,33,37). The molecular weight excluding hydrogens is 464 g/mol. The summed E-state index contributed by atoms with van der Waals surface area (Å²) < 4.78 is 0. The second kappa shape index (κ2) is 9.89. The summed E-state index contributed by atoms with van der Waals surface area (Å²) in [5.74, 6) is -0.324. The molecule has 0 saturated carbocycles. The number of para-hydroxylation sites is 2. The molecule has 0 radical (unpaired) electrons. The van der Waals surface area contributed by atoms with E-state index in [9.17, 15) is 9.59 Å². The van der Waals surface area contributed by atoms with Crippen LogP contribution in [0, 0.1) is 0 Å². The van der Waals surface area contributed by atoms with E-state index in [1.54, 1.807) is 0 Å². The summed E-state index contributed by atoms with van der Waals surface area (Å²) in [7, 11) is 0. The fourth-order valence-electron chi connectivity index (χ4n) is 4.77. The fraction of sp³-hybridized carbons (Fsp3) is 0.241. The summed E-state index contributed by atoms with van der Waals surface area (Å²) in [6.07, 6.45) is 13.8. The Hall–Kier alpha value is -4.46. The van der Waals surface area contributed by atoms with E-state index in [2.05, 4.69) is 33.8 Å². The van der Waals surface area contributed by atoms with Crippen LogP contribution in [0.25, 0.3) is 23.2 Å². The highest BCUT2D eigenvalue weighted by Crippen LogP contribution is 2.20. The lowest BCUT2D eigenvalue weighted by molar-refractivity contribution is -0.117. The van der Waals surface area contributed by atoms with Crippen LogP contribution in [0.5, 0.6) is 0 Å². The van der Waals surface area contributed by atoms with Crippen LogP contribution in [0.15, 0.2) is 70.3 Å². The number of nitrogens with one attached hydrogen (secondary N) is 2. The smallest absolute Gasteiger partial charge is 0.224 e. The number of anilines is 2. The molecule has 2 aromatic carbocycles. The third-order valence-electron chi connectivity index (χ3n) is 6.60. The van der Waals surface area contributed by atoms with Crippen LogP contribution < -0.4 is 32.0 Å². The van der Waals surface area contributed by atoms with Gasteiger partial charge in [0.05, 0.1) is 44.7 Å². The van der Waals surface area contributed by atoms with Crippen LogP contribution in [0.3, 0.4) is 0 Å². The first-order chi connectivity index (χ1) is 18.1. The molecular formula is C29H26N6O2. The van der Waals surface area contributed by atoms with Crippen molar-refractivity contribution in [2.45, 2.75) is 44.6 Å². The highest BCUT2D eigenvalue weighted by Gasteiger charge is 2.18. The number of carbonyl (C=O) groups is 2. The summed E-state index contributed by atoms with van der Waals surface area (Å²) in [4.78, 5) is 44.3. The molecule has 1 atom stereocenters. The highest BCUT2D eigenvalue weighted by atomic mass is 16.2. The molecule has 6 rings (SSSR count). The van der Waals surface area contributed by atoms with Crippen molar-refractivity contribution in [3.63, 3.8) is 0 Å². The van der Waals surface area contributed by atoms with Gasteiger partial charge in [-0.2, -0.15) is 0 Å². The van der Waals surface area contributed by atoms with Gasteiger partial charge < -0.3 is 10.6 Å². The Kier molecular flexibility index (Phi) is 6.14. The Balaban J connectivity index is 1.09. The molecule has 2 heterocycles. The lowest BCUT2D eigenvalue weighted by atomic mass is 10.0. The van der Waals surface area contributed by atoms with Crippen molar-refractivity contribution < 1.29 is 9.59 Å². The van der Waals surface area contributed by atoms with Crippen LogP contribution in [0.1, 0.15) is 38.5 Å². The fourth-order valence-corrected chi connectivity index (χ4v) is 4.77. The van der Waals surface area contributed by atoms with E-state index in [1.807, 2.05) is 48.6 Å². The zero-order valence-corrected chi connectivity index (χ0v) is 20.3. The van der Waals surface area contributed by atoms with Crippen LogP contribution in [-0.2, 0) is 9.59 Å². The van der Waals surface area contributed by atoms with Crippen molar-refractivity contribution in [1.29, 1.82) is 0 Å². The van der Waals surface area contributed by atoms with E-state index >= 15 is 0 Å². The van der Waals surface area contributed by atoms with Crippen molar-refractivity contribution in [2.24, 2.45) is 9.98 Å². The van der Waals surface area contributed by atoms with Gasteiger partial charge in [-0.05, 0) is 56.0 Å². The molecule has 3 aromatic rings. The number of fused-ring (bicyclic) bond motifs is 4. The zero-order chi connectivity index (χ0) is 25.2. The predicted molar refractivity (Wildman–Crippen MR) is 142 cm³/mol. The first-order valence-electron chi connectivity index (χ1n) is 12.6. The van der Waals surface area contributed by atoms with Gasteiger partial charge in [0, 0.05) is 12.8 Å². The second-order valence-corrected chi connectivity index (χ2v) is 9.29. The lowest BCUT2D eigenvalue weighted by Gasteiger charge is -2.18. The Morgan fingerprint density at radius 3 is 2.46 bits per heavy atom. The summed E-state index contributed by atoms with van der Waals surface area (Å²) in [5.41, 5.74) is 3.59. The maximum atomic E-state index is 12.7. The molecule has 37 heavy (non-hydrogen) atoms. The maximum absolute atomic E-state index is 12.7. The molecule has 0 fully saturated rings. The van der Waals surface area contributed by atoms with E-state index in [-0.39, 0.29) is 30.7 Å². The number of rotatable bonds is 6. The number of benzene rings is 2. The number of hydrogen-bond acceptors (Lipinski definition) is 6. The summed E-state index contributed by atoms with van der Waals surface area (Å²) >= 11 is 0. The van der Waals surface area contributed by atoms with Crippen molar-refractivity contribution in [3.05, 3.63) is 81.7 Å². The molecule has 3 aliphatic rings. The van der Waals surface area contributed by atoms with Crippen molar-refractivity contribution in [3.8, 4) is 0 Å². The molecule has 2 N–H and O–H groups in total. The van der Waals surface area contributed by atoms with Gasteiger partial charge in [-0.1, -0.05) is 36.4 Å². The molecule has 1 aliphatic heterocycles. The summed E-state index contributed by atoms with van der Waals surface area (Å²) in [6.45, 7) is 0. The van der Waals surface area contributed by atoms with Crippen LogP contribution in [-0.4, -0.2) is 27.8 Å². The average Bonchev–Trinajstić information content (AvgIpc) is 2.91. The molecule has 2 aliphatic carbocycles. The summed E-state index contributed by atoms with van der Waals surface area (Å²) in [5, 5.41) is 9.10. The quantitative estimate of drug-likeness (QED) is 0.552. The molecule has 8 nitrogen and oxygen atoms in total. The first kappa shape index (κ1) is 23.0. The Morgan fingerprint density at radius 2 is 1.62 bits per heavy atom. The highest BCUT2D eigenvalue weighted by molar-refractivity contribution is 5.99. The van der Waals surface area contributed by atoms with Gasteiger partial charge in [0.25, 0.3) is 0 Å². The molecule has 0 bridgehead atoms. The molecule has 1 unspecified atom stereocenters.